The number of esters is 1. The van der Waals surface area contributed by atoms with Crippen LogP contribution in [0, 0.1) is 5.92 Å². The average molecular weight is 183 g/mol. The molecular formula is C10H17NO2. The smallest absolute Gasteiger partial charge is 0.333 e. The van der Waals surface area contributed by atoms with Crippen LogP contribution in [0.15, 0.2) is 11.6 Å². The highest BCUT2D eigenvalue weighted by Crippen LogP contribution is 2.19. The third-order valence-corrected chi connectivity index (χ3v) is 2.32. The number of carbonyl (C=O) groups is 1. The van der Waals surface area contributed by atoms with Crippen molar-refractivity contribution in [1.29, 1.82) is 0 Å². The van der Waals surface area contributed by atoms with E-state index >= 15 is 0 Å². The number of hydrogen-bond donors (Lipinski definition) is 1. The summed E-state index contributed by atoms with van der Waals surface area (Å²) < 4.78 is 4.97. The summed E-state index contributed by atoms with van der Waals surface area (Å²) in [4.78, 5) is 11.4. The second-order valence-corrected chi connectivity index (χ2v) is 3.15. The van der Waals surface area contributed by atoms with Gasteiger partial charge in [0, 0.05) is 18.0 Å². The van der Waals surface area contributed by atoms with Crippen LogP contribution in [0.3, 0.4) is 0 Å². The molecule has 0 amide bonds. The lowest BCUT2D eigenvalue weighted by Gasteiger charge is -2.11. The molecule has 1 heterocycles. The van der Waals surface area contributed by atoms with Crippen LogP contribution in [0.1, 0.15) is 20.3 Å². The molecule has 1 rings (SSSR count). The monoisotopic (exact) mass is 183 g/mol. The number of hydrogen-bond acceptors (Lipinski definition) is 3. The first-order valence-electron chi connectivity index (χ1n) is 4.83. The predicted octanol–water partition coefficient (Wildman–Crippen LogP) is 1.11. The Morgan fingerprint density at radius 3 is 2.92 bits per heavy atom. The van der Waals surface area contributed by atoms with Crippen molar-refractivity contribution < 1.29 is 9.53 Å². The molecule has 0 saturated carbocycles. The van der Waals surface area contributed by atoms with Crippen molar-refractivity contribution in [3.8, 4) is 0 Å². The van der Waals surface area contributed by atoms with Crippen LogP contribution in [0.4, 0.5) is 0 Å². The van der Waals surface area contributed by atoms with Gasteiger partial charge in [0.25, 0.3) is 0 Å². The fourth-order valence-electron chi connectivity index (χ4n) is 1.65. The lowest BCUT2D eigenvalue weighted by molar-refractivity contribution is -0.139. The molecular weight excluding hydrogens is 166 g/mol. The van der Waals surface area contributed by atoms with Crippen molar-refractivity contribution in [2.75, 3.05) is 19.7 Å². The summed E-state index contributed by atoms with van der Waals surface area (Å²) in [6, 6.07) is 0. The van der Waals surface area contributed by atoms with Gasteiger partial charge in [-0.3, -0.25) is 0 Å². The summed E-state index contributed by atoms with van der Waals surface area (Å²) in [5.74, 6) is 0.197. The Hall–Kier alpha value is -0.830. The fourth-order valence-corrected chi connectivity index (χ4v) is 1.65. The highest BCUT2D eigenvalue weighted by Gasteiger charge is 2.23. The summed E-state index contributed by atoms with van der Waals surface area (Å²) in [6.07, 6.45) is 2.91. The largest absolute Gasteiger partial charge is 0.463 e. The van der Waals surface area contributed by atoms with E-state index in [0.29, 0.717) is 12.5 Å². The zero-order valence-corrected chi connectivity index (χ0v) is 8.30. The maximum atomic E-state index is 11.4. The van der Waals surface area contributed by atoms with Crippen molar-refractivity contribution >= 4 is 5.97 Å². The summed E-state index contributed by atoms with van der Waals surface area (Å²) >= 11 is 0. The van der Waals surface area contributed by atoms with Gasteiger partial charge in [0.1, 0.15) is 0 Å². The van der Waals surface area contributed by atoms with E-state index in [-0.39, 0.29) is 5.97 Å². The average Bonchev–Trinajstić information content (AvgIpc) is 2.59. The van der Waals surface area contributed by atoms with Crippen LogP contribution < -0.4 is 5.32 Å². The first kappa shape index (κ1) is 10.3. The van der Waals surface area contributed by atoms with E-state index in [1.54, 1.807) is 0 Å². The first-order chi connectivity index (χ1) is 6.29. The third-order valence-electron chi connectivity index (χ3n) is 2.32. The second kappa shape index (κ2) is 5.02. The maximum absolute atomic E-state index is 11.4. The van der Waals surface area contributed by atoms with Crippen LogP contribution in [-0.4, -0.2) is 25.7 Å². The van der Waals surface area contributed by atoms with Gasteiger partial charge >= 0.3 is 5.97 Å². The Morgan fingerprint density at radius 1 is 1.69 bits per heavy atom. The van der Waals surface area contributed by atoms with Gasteiger partial charge in [-0.25, -0.2) is 4.79 Å². The number of allylic oxidation sites excluding steroid dienone is 1. The SMILES string of the molecule is CC=C(C(=O)OCC)C1CCNC1. The second-order valence-electron chi connectivity index (χ2n) is 3.15. The molecule has 1 N–H and O–H groups in total. The molecule has 0 aromatic heterocycles. The first-order valence-corrected chi connectivity index (χ1v) is 4.83. The van der Waals surface area contributed by atoms with E-state index in [2.05, 4.69) is 5.32 Å². The molecule has 1 aliphatic rings. The zero-order valence-electron chi connectivity index (χ0n) is 8.30. The topological polar surface area (TPSA) is 38.3 Å². The summed E-state index contributed by atoms with van der Waals surface area (Å²) in [7, 11) is 0. The minimum atomic E-state index is -0.154. The summed E-state index contributed by atoms with van der Waals surface area (Å²) in [5.41, 5.74) is 0.826. The molecule has 0 aromatic rings. The maximum Gasteiger partial charge on any atom is 0.333 e. The van der Waals surface area contributed by atoms with Crippen molar-refractivity contribution in [1.82, 2.24) is 5.32 Å². The summed E-state index contributed by atoms with van der Waals surface area (Å²) in [5, 5.41) is 3.24. The third kappa shape index (κ3) is 2.56. The molecule has 3 nitrogen and oxygen atoms in total. The van der Waals surface area contributed by atoms with Gasteiger partial charge in [-0.15, -0.1) is 0 Å². The van der Waals surface area contributed by atoms with Gasteiger partial charge < -0.3 is 10.1 Å². The van der Waals surface area contributed by atoms with E-state index < -0.39 is 0 Å². The van der Waals surface area contributed by atoms with E-state index in [0.717, 1.165) is 25.1 Å². The van der Waals surface area contributed by atoms with Gasteiger partial charge in [0.2, 0.25) is 0 Å². The highest BCUT2D eigenvalue weighted by molar-refractivity contribution is 5.89. The Balaban J connectivity index is 2.56. The number of ether oxygens (including phenoxy) is 1. The van der Waals surface area contributed by atoms with Crippen LogP contribution in [0.5, 0.6) is 0 Å². The van der Waals surface area contributed by atoms with Gasteiger partial charge in [0.15, 0.2) is 0 Å². The van der Waals surface area contributed by atoms with Gasteiger partial charge in [-0.2, -0.15) is 0 Å². The van der Waals surface area contributed by atoms with Crippen molar-refractivity contribution in [3.05, 3.63) is 11.6 Å². The number of carbonyl (C=O) groups excluding carboxylic acids is 1. The Labute approximate surface area is 79.2 Å². The van der Waals surface area contributed by atoms with Crippen LogP contribution in [0.2, 0.25) is 0 Å². The molecule has 0 spiro atoms. The molecule has 1 unspecified atom stereocenters. The molecule has 0 aromatic carbocycles. The van der Waals surface area contributed by atoms with Crippen LogP contribution in [-0.2, 0) is 9.53 Å². The molecule has 1 atom stereocenters. The van der Waals surface area contributed by atoms with Crippen LogP contribution in [0.25, 0.3) is 0 Å². The van der Waals surface area contributed by atoms with Gasteiger partial charge in [-0.05, 0) is 26.8 Å². The molecule has 1 saturated heterocycles. The Morgan fingerprint density at radius 2 is 2.46 bits per heavy atom. The normalized spacial score (nSPS) is 23.2. The van der Waals surface area contributed by atoms with E-state index in [9.17, 15) is 4.79 Å². The Bertz CT molecular complexity index is 205. The zero-order chi connectivity index (χ0) is 9.68. The fraction of sp³-hybridized carbons (Fsp3) is 0.700. The minimum Gasteiger partial charge on any atom is -0.463 e. The molecule has 0 bridgehead atoms. The molecule has 13 heavy (non-hydrogen) atoms. The number of nitrogens with one attached hydrogen (secondary N) is 1. The molecule has 3 heteroatoms. The lowest BCUT2D eigenvalue weighted by atomic mass is 9.98. The standard InChI is InChI=1S/C10H17NO2/c1-3-9(10(12)13-4-2)8-5-6-11-7-8/h3,8,11H,4-7H2,1-2H3. The van der Waals surface area contributed by atoms with Gasteiger partial charge in [-0.1, -0.05) is 6.08 Å². The lowest BCUT2D eigenvalue weighted by Crippen LogP contribution is -2.18. The van der Waals surface area contributed by atoms with Gasteiger partial charge in [0.05, 0.1) is 6.61 Å². The summed E-state index contributed by atoms with van der Waals surface area (Å²) in [6.45, 7) is 6.08. The van der Waals surface area contributed by atoms with E-state index in [1.807, 2.05) is 19.9 Å². The Kier molecular flexibility index (Phi) is 3.96. The van der Waals surface area contributed by atoms with E-state index in [4.69, 9.17) is 4.74 Å². The van der Waals surface area contributed by atoms with E-state index in [1.165, 1.54) is 0 Å². The molecule has 1 aliphatic heterocycles. The van der Waals surface area contributed by atoms with Crippen LogP contribution >= 0.6 is 0 Å². The molecule has 0 aliphatic carbocycles. The highest BCUT2D eigenvalue weighted by atomic mass is 16.5. The molecule has 0 radical (unpaired) electrons. The minimum absolute atomic E-state index is 0.154. The van der Waals surface area contributed by atoms with Crippen molar-refractivity contribution in [2.45, 2.75) is 20.3 Å². The molecule has 1 fully saturated rings. The van der Waals surface area contributed by atoms with Crippen molar-refractivity contribution in [3.63, 3.8) is 0 Å². The van der Waals surface area contributed by atoms with Crippen molar-refractivity contribution in [2.24, 2.45) is 5.92 Å². The molecule has 74 valence electrons. The predicted molar refractivity (Wildman–Crippen MR) is 51.4 cm³/mol. The number of rotatable bonds is 3. The quantitative estimate of drug-likeness (QED) is 0.526.